The molecular formula is C18H31N. The van der Waals surface area contributed by atoms with E-state index in [9.17, 15) is 0 Å². The summed E-state index contributed by atoms with van der Waals surface area (Å²) in [7, 11) is 0. The third kappa shape index (κ3) is 6.77. The van der Waals surface area contributed by atoms with Crippen molar-refractivity contribution < 1.29 is 0 Å². The van der Waals surface area contributed by atoms with Gasteiger partial charge in [0.05, 0.1) is 0 Å². The van der Waals surface area contributed by atoms with Crippen LogP contribution in [0.1, 0.15) is 51.2 Å². The van der Waals surface area contributed by atoms with Crippen LogP contribution in [0.25, 0.3) is 0 Å². The fraction of sp³-hybridized carbons (Fsp3) is 0.667. The van der Waals surface area contributed by atoms with E-state index >= 15 is 0 Å². The second-order valence-electron chi connectivity index (χ2n) is 6.13. The molecule has 0 amide bonds. The van der Waals surface area contributed by atoms with Gasteiger partial charge in [-0.05, 0) is 55.8 Å². The lowest BCUT2D eigenvalue weighted by Gasteiger charge is -2.19. The maximum Gasteiger partial charge on any atom is -0.00175 e. The monoisotopic (exact) mass is 261 g/mol. The van der Waals surface area contributed by atoms with Gasteiger partial charge in [0, 0.05) is 0 Å². The van der Waals surface area contributed by atoms with E-state index in [2.05, 4.69) is 57.3 Å². The Morgan fingerprint density at radius 1 is 1.11 bits per heavy atom. The van der Waals surface area contributed by atoms with Crippen molar-refractivity contribution in [2.24, 2.45) is 11.8 Å². The smallest absolute Gasteiger partial charge is 0.00175 e. The summed E-state index contributed by atoms with van der Waals surface area (Å²) in [6.07, 6.45) is 5.29. The molecule has 1 nitrogen and oxygen atoms in total. The Bertz CT molecular complexity index is 343. The highest BCUT2D eigenvalue weighted by atomic mass is 14.8. The first-order valence-corrected chi connectivity index (χ1v) is 7.88. The van der Waals surface area contributed by atoms with Crippen LogP contribution in [0.15, 0.2) is 24.3 Å². The molecule has 0 aliphatic carbocycles. The molecule has 0 aliphatic heterocycles. The Balaban J connectivity index is 2.51. The minimum absolute atomic E-state index is 0.778. The molecular weight excluding hydrogens is 230 g/mol. The van der Waals surface area contributed by atoms with Crippen LogP contribution >= 0.6 is 0 Å². The van der Waals surface area contributed by atoms with E-state index in [1.54, 1.807) is 0 Å². The number of nitrogens with one attached hydrogen (secondary N) is 1. The van der Waals surface area contributed by atoms with Gasteiger partial charge in [0.15, 0.2) is 0 Å². The van der Waals surface area contributed by atoms with Crippen molar-refractivity contribution in [1.29, 1.82) is 0 Å². The summed E-state index contributed by atoms with van der Waals surface area (Å²) in [6.45, 7) is 11.3. The van der Waals surface area contributed by atoms with E-state index in [1.165, 1.54) is 36.8 Å². The number of hydrogen-bond acceptors (Lipinski definition) is 1. The van der Waals surface area contributed by atoms with Gasteiger partial charge in [0.2, 0.25) is 0 Å². The summed E-state index contributed by atoms with van der Waals surface area (Å²) in [5.41, 5.74) is 2.96. The molecule has 0 fully saturated rings. The largest absolute Gasteiger partial charge is 0.317 e. The van der Waals surface area contributed by atoms with E-state index in [-0.39, 0.29) is 0 Å². The van der Waals surface area contributed by atoms with Crippen LogP contribution in [0.5, 0.6) is 0 Å². The third-order valence-electron chi connectivity index (χ3n) is 3.85. The molecule has 108 valence electrons. The summed E-state index contributed by atoms with van der Waals surface area (Å²) in [5.74, 6) is 1.61. The number of benzene rings is 1. The second kappa shape index (κ2) is 9.14. The molecule has 0 aliphatic rings. The highest BCUT2D eigenvalue weighted by Gasteiger charge is 2.11. The average molecular weight is 261 g/mol. The molecule has 0 radical (unpaired) electrons. The SMILES string of the molecule is CCNCC(CCCC(C)C)Cc1ccccc1C. The lowest BCUT2D eigenvalue weighted by molar-refractivity contribution is 0.410. The number of rotatable bonds is 9. The Morgan fingerprint density at radius 3 is 2.47 bits per heavy atom. The summed E-state index contributed by atoms with van der Waals surface area (Å²) >= 11 is 0. The lowest BCUT2D eigenvalue weighted by atomic mass is 9.90. The Kier molecular flexibility index (Phi) is 7.81. The van der Waals surface area contributed by atoms with Gasteiger partial charge >= 0.3 is 0 Å². The molecule has 0 bridgehead atoms. The predicted molar refractivity (Wildman–Crippen MR) is 85.6 cm³/mol. The molecule has 0 spiro atoms. The predicted octanol–water partition coefficient (Wildman–Crippen LogP) is 4.59. The van der Waals surface area contributed by atoms with E-state index in [4.69, 9.17) is 0 Å². The molecule has 0 aromatic heterocycles. The van der Waals surface area contributed by atoms with Gasteiger partial charge < -0.3 is 5.32 Å². The number of hydrogen-bond donors (Lipinski definition) is 1. The molecule has 1 rings (SSSR count). The normalized spacial score (nSPS) is 12.9. The van der Waals surface area contributed by atoms with Gasteiger partial charge in [-0.3, -0.25) is 0 Å². The zero-order valence-corrected chi connectivity index (χ0v) is 13.2. The maximum absolute atomic E-state index is 3.53. The third-order valence-corrected chi connectivity index (χ3v) is 3.85. The molecule has 1 heteroatoms. The second-order valence-corrected chi connectivity index (χ2v) is 6.13. The molecule has 1 unspecified atom stereocenters. The lowest BCUT2D eigenvalue weighted by Crippen LogP contribution is -2.24. The first kappa shape index (κ1) is 16.2. The minimum Gasteiger partial charge on any atom is -0.317 e. The molecule has 0 heterocycles. The summed E-state index contributed by atoms with van der Waals surface area (Å²) in [4.78, 5) is 0. The van der Waals surface area contributed by atoms with Crippen LogP contribution in [0, 0.1) is 18.8 Å². The van der Waals surface area contributed by atoms with Gasteiger partial charge in [-0.15, -0.1) is 0 Å². The molecule has 1 N–H and O–H groups in total. The van der Waals surface area contributed by atoms with Crippen molar-refractivity contribution in [3.8, 4) is 0 Å². The van der Waals surface area contributed by atoms with Crippen LogP contribution in [0.4, 0.5) is 0 Å². The maximum atomic E-state index is 3.53. The van der Waals surface area contributed by atoms with E-state index in [0.29, 0.717) is 0 Å². The van der Waals surface area contributed by atoms with E-state index in [1.807, 2.05) is 0 Å². The molecule has 0 saturated heterocycles. The summed E-state index contributed by atoms with van der Waals surface area (Å²) < 4.78 is 0. The van der Waals surface area contributed by atoms with Crippen LogP contribution in [-0.4, -0.2) is 13.1 Å². The minimum atomic E-state index is 0.778. The first-order valence-electron chi connectivity index (χ1n) is 7.88. The highest BCUT2D eigenvalue weighted by molar-refractivity contribution is 5.25. The zero-order valence-electron chi connectivity index (χ0n) is 13.2. The van der Waals surface area contributed by atoms with Crippen molar-refractivity contribution in [3.63, 3.8) is 0 Å². The summed E-state index contributed by atoms with van der Waals surface area (Å²) in [6, 6.07) is 8.82. The molecule has 1 aromatic carbocycles. The highest BCUT2D eigenvalue weighted by Crippen LogP contribution is 2.19. The quantitative estimate of drug-likeness (QED) is 0.685. The van der Waals surface area contributed by atoms with Crippen molar-refractivity contribution in [2.45, 2.75) is 53.4 Å². The van der Waals surface area contributed by atoms with Crippen molar-refractivity contribution in [2.75, 3.05) is 13.1 Å². The van der Waals surface area contributed by atoms with Crippen LogP contribution in [0.3, 0.4) is 0 Å². The Hall–Kier alpha value is -0.820. The molecule has 1 aromatic rings. The van der Waals surface area contributed by atoms with Crippen LogP contribution < -0.4 is 5.32 Å². The average Bonchev–Trinajstić information content (AvgIpc) is 2.37. The van der Waals surface area contributed by atoms with Gasteiger partial charge in [0.25, 0.3) is 0 Å². The van der Waals surface area contributed by atoms with Crippen molar-refractivity contribution in [1.82, 2.24) is 5.32 Å². The van der Waals surface area contributed by atoms with Crippen LogP contribution in [-0.2, 0) is 6.42 Å². The van der Waals surface area contributed by atoms with Gasteiger partial charge in [-0.1, -0.05) is 57.9 Å². The van der Waals surface area contributed by atoms with Crippen LogP contribution in [0.2, 0.25) is 0 Å². The van der Waals surface area contributed by atoms with E-state index in [0.717, 1.165) is 24.9 Å². The van der Waals surface area contributed by atoms with Crippen molar-refractivity contribution >= 4 is 0 Å². The Labute approximate surface area is 119 Å². The summed E-state index contributed by atoms with van der Waals surface area (Å²) in [5, 5.41) is 3.53. The first-order chi connectivity index (χ1) is 9.13. The number of aryl methyl sites for hydroxylation is 1. The molecule has 19 heavy (non-hydrogen) atoms. The van der Waals surface area contributed by atoms with E-state index < -0.39 is 0 Å². The molecule has 1 atom stereocenters. The van der Waals surface area contributed by atoms with Gasteiger partial charge in [-0.2, -0.15) is 0 Å². The van der Waals surface area contributed by atoms with Gasteiger partial charge in [-0.25, -0.2) is 0 Å². The van der Waals surface area contributed by atoms with Gasteiger partial charge in [0.1, 0.15) is 0 Å². The fourth-order valence-corrected chi connectivity index (χ4v) is 2.59. The fourth-order valence-electron chi connectivity index (χ4n) is 2.59. The standard InChI is InChI=1S/C18H31N/c1-5-19-14-17(11-8-9-15(2)3)13-18-12-7-6-10-16(18)4/h6-7,10,12,15,17,19H,5,8-9,11,13-14H2,1-4H3. The topological polar surface area (TPSA) is 12.0 Å². The Morgan fingerprint density at radius 2 is 1.84 bits per heavy atom. The molecule has 0 saturated carbocycles. The van der Waals surface area contributed by atoms with Crippen molar-refractivity contribution in [3.05, 3.63) is 35.4 Å². The zero-order chi connectivity index (χ0) is 14.1.